The second-order valence-corrected chi connectivity index (χ2v) is 6.78. The van der Waals surface area contributed by atoms with Crippen LogP contribution in [0.5, 0.6) is 5.75 Å². The summed E-state index contributed by atoms with van der Waals surface area (Å²) in [7, 11) is 3.34. The molecule has 1 aromatic carbocycles. The lowest BCUT2D eigenvalue weighted by Crippen LogP contribution is -2.53. The van der Waals surface area contributed by atoms with Gasteiger partial charge in [-0.05, 0) is 32.0 Å². The molecular formula is C19H23NO6. The maximum atomic E-state index is 12.7. The standard InChI is InChI=1S/C19H23NO6/c1-11(21)25-15-7-5-4-6-13(15)18(22)26-16-10-12-8-9-14(20(12)2)17(16)19(23)24-3/h4-7,12,14,16-17H,8-10H2,1-3H3/t12?,14-,16+,17-/m1/s1. The van der Waals surface area contributed by atoms with Gasteiger partial charge in [-0.3, -0.25) is 14.5 Å². The number of hydrogen-bond acceptors (Lipinski definition) is 7. The first-order valence-corrected chi connectivity index (χ1v) is 8.70. The number of carbonyl (C=O) groups is 3. The van der Waals surface area contributed by atoms with Crippen molar-refractivity contribution in [3.05, 3.63) is 29.8 Å². The molecule has 0 radical (unpaired) electrons. The van der Waals surface area contributed by atoms with Crippen LogP contribution in [0.4, 0.5) is 0 Å². The number of fused-ring (bicyclic) bond motifs is 2. The maximum Gasteiger partial charge on any atom is 0.342 e. The van der Waals surface area contributed by atoms with Gasteiger partial charge in [0, 0.05) is 25.4 Å². The molecule has 2 aliphatic rings. The van der Waals surface area contributed by atoms with E-state index < -0.39 is 24.0 Å². The van der Waals surface area contributed by atoms with Crippen LogP contribution in [0.15, 0.2) is 24.3 Å². The van der Waals surface area contributed by atoms with Crippen molar-refractivity contribution in [1.82, 2.24) is 4.90 Å². The molecule has 2 heterocycles. The zero-order chi connectivity index (χ0) is 18.8. The van der Waals surface area contributed by atoms with E-state index in [-0.39, 0.29) is 29.4 Å². The number of para-hydroxylation sites is 1. The van der Waals surface area contributed by atoms with Crippen LogP contribution in [0.25, 0.3) is 0 Å². The Labute approximate surface area is 152 Å². The van der Waals surface area contributed by atoms with Crippen LogP contribution in [-0.4, -0.2) is 55.2 Å². The van der Waals surface area contributed by atoms with Gasteiger partial charge in [-0.2, -0.15) is 0 Å². The number of benzene rings is 1. The fourth-order valence-corrected chi connectivity index (χ4v) is 4.07. The summed E-state index contributed by atoms with van der Waals surface area (Å²) in [6.45, 7) is 1.27. The molecule has 0 aromatic heterocycles. The maximum absolute atomic E-state index is 12.7. The summed E-state index contributed by atoms with van der Waals surface area (Å²) in [6.07, 6.45) is 1.86. The van der Waals surface area contributed by atoms with Crippen molar-refractivity contribution in [2.75, 3.05) is 14.2 Å². The van der Waals surface area contributed by atoms with E-state index in [1.807, 2.05) is 7.05 Å². The minimum atomic E-state index is -0.607. The average molecular weight is 361 g/mol. The van der Waals surface area contributed by atoms with Crippen molar-refractivity contribution in [3.8, 4) is 5.75 Å². The number of esters is 3. The Morgan fingerprint density at radius 1 is 1.15 bits per heavy atom. The Hall–Kier alpha value is -2.41. The molecule has 0 spiro atoms. The van der Waals surface area contributed by atoms with Crippen molar-refractivity contribution < 1.29 is 28.6 Å². The van der Waals surface area contributed by atoms with E-state index in [1.54, 1.807) is 12.1 Å². The highest BCUT2D eigenvalue weighted by atomic mass is 16.6. The fourth-order valence-electron chi connectivity index (χ4n) is 4.07. The minimum absolute atomic E-state index is 0.00251. The zero-order valence-corrected chi connectivity index (χ0v) is 15.1. The van der Waals surface area contributed by atoms with Crippen LogP contribution in [0.1, 0.15) is 36.5 Å². The van der Waals surface area contributed by atoms with E-state index in [4.69, 9.17) is 14.2 Å². The first-order valence-electron chi connectivity index (χ1n) is 8.70. The number of methoxy groups -OCH3 is 1. The Kier molecular flexibility index (Phi) is 5.27. The topological polar surface area (TPSA) is 82.1 Å². The van der Waals surface area contributed by atoms with Crippen LogP contribution in [-0.2, 0) is 19.1 Å². The van der Waals surface area contributed by atoms with Gasteiger partial charge in [0.15, 0.2) is 0 Å². The molecule has 3 rings (SSSR count). The third-order valence-electron chi connectivity index (χ3n) is 5.31. The van der Waals surface area contributed by atoms with E-state index in [9.17, 15) is 14.4 Å². The summed E-state index contributed by atoms with van der Waals surface area (Å²) in [4.78, 5) is 38.5. The Balaban J connectivity index is 1.82. The third kappa shape index (κ3) is 3.44. The molecule has 2 saturated heterocycles. The lowest BCUT2D eigenvalue weighted by molar-refractivity contribution is -0.156. The Bertz CT molecular complexity index is 718. The first kappa shape index (κ1) is 18.4. The van der Waals surface area contributed by atoms with E-state index >= 15 is 0 Å². The van der Waals surface area contributed by atoms with Crippen molar-refractivity contribution in [3.63, 3.8) is 0 Å². The van der Waals surface area contributed by atoms with E-state index in [2.05, 4.69) is 4.90 Å². The number of hydrogen-bond donors (Lipinski definition) is 0. The summed E-state index contributed by atoms with van der Waals surface area (Å²) in [5.41, 5.74) is 0.164. The van der Waals surface area contributed by atoms with E-state index in [0.717, 1.165) is 12.8 Å². The van der Waals surface area contributed by atoms with Gasteiger partial charge in [0.2, 0.25) is 0 Å². The summed E-state index contributed by atoms with van der Waals surface area (Å²) in [5, 5.41) is 0. The van der Waals surface area contributed by atoms with Crippen molar-refractivity contribution >= 4 is 17.9 Å². The molecule has 26 heavy (non-hydrogen) atoms. The normalized spacial score (nSPS) is 27.7. The molecule has 0 aliphatic carbocycles. The van der Waals surface area contributed by atoms with E-state index in [0.29, 0.717) is 6.42 Å². The van der Waals surface area contributed by atoms with Crippen LogP contribution >= 0.6 is 0 Å². The Morgan fingerprint density at radius 2 is 1.88 bits per heavy atom. The molecule has 140 valence electrons. The molecule has 7 heteroatoms. The summed E-state index contributed by atoms with van der Waals surface area (Å²) < 4.78 is 15.7. The minimum Gasteiger partial charge on any atom is -0.469 e. The van der Waals surface area contributed by atoms with Gasteiger partial charge >= 0.3 is 17.9 Å². The molecule has 0 saturated carbocycles. The molecule has 1 unspecified atom stereocenters. The van der Waals surface area contributed by atoms with Gasteiger partial charge < -0.3 is 14.2 Å². The summed E-state index contributed by atoms with van der Waals surface area (Å²) in [6, 6.07) is 6.69. The molecule has 1 aromatic rings. The highest BCUT2D eigenvalue weighted by molar-refractivity contribution is 5.93. The monoisotopic (exact) mass is 361 g/mol. The summed E-state index contributed by atoms with van der Waals surface area (Å²) in [5.74, 6) is -1.86. The van der Waals surface area contributed by atoms with Gasteiger partial charge in [0.1, 0.15) is 23.3 Å². The number of nitrogens with zero attached hydrogens (tertiary/aromatic N) is 1. The zero-order valence-electron chi connectivity index (χ0n) is 15.1. The Morgan fingerprint density at radius 3 is 2.58 bits per heavy atom. The van der Waals surface area contributed by atoms with Gasteiger partial charge in [-0.15, -0.1) is 0 Å². The largest absolute Gasteiger partial charge is 0.469 e. The SMILES string of the molecule is COC(=O)[C@H]1[C@@H](OC(=O)c2ccccc2OC(C)=O)CC2CC[C@H]1N2C. The number of ether oxygens (including phenoxy) is 3. The average Bonchev–Trinajstić information content (AvgIpc) is 2.84. The first-order chi connectivity index (χ1) is 12.4. The third-order valence-corrected chi connectivity index (χ3v) is 5.31. The van der Waals surface area contributed by atoms with Gasteiger partial charge in [-0.1, -0.05) is 12.1 Å². The van der Waals surface area contributed by atoms with Crippen molar-refractivity contribution in [2.24, 2.45) is 5.92 Å². The lowest BCUT2D eigenvalue weighted by Gasteiger charge is -2.40. The smallest absolute Gasteiger partial charge is 0.342 e. The van der Waals surface area contributed by atoms with Gasteiger partial charge in [-0.25, -0.2) is 4.79 Å². The molecule has 2 bridgehead atoms. The van der Waals surface area contributed by atoms with Crippen LogP contribution in [0.3, 0.4) is 0 Å². The highest BCUT2D eigenvalue weighted by Gasteiger charge is 2.51. The predicted octanol–water partition coefficient (Wildman–Crippen LogP) is 1.79. The van der Waals surface area contributed by atoms with Gasteiger partial charge in [0.05, 0.1) is 7.11 Å². The van der Waals surface area contributed by atoms with Crippen molar-refractivity contribution in [2.45, 2.75) is 44.4 Å². The summed E-state index contributed by atoms with van der Waals surface area (Å²) >= 11 is 0. The van der Waals surface area contributed by atoms with Crippen LogP contribution in [0, 0.1) is 5.92 Å². The quantitative estimate of drug-likeness (QED) is 0.597. The van der Waals surface area contributed by atoms with Crippen LogP contribution < -0.4 is 4.74 Å². The molecule has 2 fully saturated rings. The van der Waals surface area contributed by atoms with Crippen molar-refractivity contribution in [1.29, 1.82) is 0 Å². The molecule has 0 amide bonds. The molecule has 7 nitrogen and oxygen atoms in total. The number of carbonyl (C=O) groups excluding carboxylic acids is 3. The van der Waals surface area contributed by atoms with E-state index in [1.165, 1.54) is 26.2 Å². The van der Waals surface area contributed by atoms with Crippen LogP contribution in [0.2, 0.25) is 0 Å². The highest BCUT2D eigenvalue weighted by Crippen LogP contribution is 2.40. The van der Waals surface area contributed by atoms with Gasteiger partial charge in [0.25, 0.3) is 0 Å². The molecular weight excluding hydrogens is 338 g/mol. The molecule has 2 aliphatic heterocycles. The second kappa shape index (κ2) is 7.45. The molecule has 0 N–H and O–H groups in total. The lowest BCUT2D eigenvalue weighted by atomic mass is 9.87. The molecule has 4 atom stereocenters. The number of piperidine rings is 1. The number of rotatable bonds is 4. The fraction of sp³-hybridized carbons (Fsp3) is 0.526. The predicted molar refractivity (Wildman–Crippen MR) is 91.7 cm³/mol. The second-order valence-electron chi connectivity index (χ2n) is 6.78.